The van der Waals surface area contributed by atoms with E-state index in [1.807, 2.05) is 44.2 Å². The standard InChI is InChI=1S/C19H20N2O3S/c1-13(2)24-11-15-7-4-3-6-14(15)10-20-18(22)16-12-25-19(21-16)17-8-5-9-23-17/h3-9,12-13H,10-11H2,1-2H3,(H,20,22). The Morgan fingerprint density at radius 1 is 1.24 bits per heavy atom. The number of carbonyl (C=O) groups excluding carboxylic acids is 1. The van der Waals surface area contributed by atoms with Crippen LogP contribution in [0.1, 0.15) is 35.5 Å². The summed E-state index contributed by atoms with van der Waals surface area (Å²) in [5, 5.41) is 5.35. The molecule has 1 N–H and O–H groups in total. The van der Waals surface area contributed by atoms with Gasteiger partial charge in [-0.05, 0) is 37.1 Å². The Morgan fingerprint density at radius 3 is 2.76 bits per heavy atom. The summed E-state index contributed by atoms with van der Waals surface area (Å²) in [6.45, 7) is 4.97. The Morgan fingerprint density at radius 2 is 2.04 bits per heavy atom. The maximum Gasteiger partial charge on any atom is 0.271 e. The predicted molar refractivity (Wildman–Crippen MR) is 97.4 cm³/mol. The van der Waals surface area contributed by atoms with Crippen LogP contribution in [0.5, 0.6) is 0 Å². The average molecular weight is 356 g/mol. The summed E-state index contributed by atoms with van der Waals surface area (Å²) >= 11 is 1.39. The maximum absolute atomic E-state index is 12.3. The van der Waals surface area contributed by atoms with Gasteiger partial charge in [0.15, 0.2) is 10.8 Å². The van der Waals surface area contributed by atoms with Crippen LogP contribution in [0, 0.1) is 0 Å². The van der Waals surface area contributed by atoms with Crippen molar-refractivity contribution in [2.45, 2.75) is 33.1 Å². The molecule has 0 radical (unpaired) electrons. The molecule has 130 valence electrons. The number of hydrogen-bond donors (Lipinski definition) is 1. The molecule has 0 spiro atoms. The minimum atomic E-state index is -0.200. The fraction of sp³-hybridized carbons (Fsp3) is 0.263. The molecule has 2 aromatic heterocycles. The monoisotopic (exact) mass is 356 g/mol. The van der Waals surface area contributed by atoms with Crippen LogP contribution in [0.3, 0.4) is 0 Å². The molecule has 1 amide bonds. The van der Waals surface area contributed by atoms with Crippen LogP contribution in [0.25, 0.3) is 10.8 Å². The molecule has 3 rings (SSSR count). The van der Waals surface area contributed by atoms with Gasteiger partial charge in [0.25, 0.3) is 5.91 Å². The van der Waals surface area contributed by atoms with Gasteiger partial charge in [0.05, 0.1) is 19.0 Å². The Kier molecular flexibility index (Phi) is 5.63. The van der Waals surface area contributed by atoms with E-state index in [1.165, 1.54) is 11.3 Å². The Hall–Kier alpha value is -2.44. The molecule has 1 aromatic carbocycles. The molecule has 0 fully saturated rings. The van der Waals surface area contributed by atoms with Gasteiger partial charge in [0.2, 0.25) is 0 Å². The number of nitrogens with zero attached hydrogens (tertiary/aromatic N) is 1. The van der Waals surface area contributed by atoms with Crippen LogP contribution in [0.15, 0.2) is 52.5 Å². The number of aromatic nitrogens is 1. The zero-order chi connectivity index (χ0) is 17.6. The lowest BCUT2D eigenvalue weighted by Gasteiger charge is -2.12. The van der Waals surface area contributed by atoms with Gasteiger partial charge in [-0.1, -0.05) is 24.3 Å². The third-order valence-electron chi connectivity index (χ3n) is 3.60. The summed E-state index contributed by atoms with van der Waals surface area (Å²) in [7, 11) is 0. The number of hydrogen-bond acceptors (Lipinski definition) is 5. The fourth-order valence-corrected chi connectivity index (χ4v) is 3.05. The molecule has 3 aromatic rings. The molecule has 2 heterocycles. The van der Waals surface area contributed by atoms with Crippen molar-refractivity contribution < 1.29 is 13.9 Å². The Balaban J connectivity index is 1.63. The van der Waals surface area contributed by atoms with E-state index in [0.717, 1.165) is 11.1 Å². The predicted octanol–water partition coefficient (Wildman–Crippen LogP) is 4.26. The van der Waals surface area contributed by atoms with Crippen LogP contribution in [-0.2, 0) is 17.9 Å². The number of furan rings is 1. The molecule has 0 aliphatic carbocycles. The summed E-state index contributed by atoms with van der Waals surface area (Å²) in [6.07, 6.45) is 1.75. The second-order valence-corrected chi connectivity index (χ2v) is 6.68. The summed E-state index contributed by atoms with van der Waals surface area (Å²) in [4.78, 5) is 16.7. The lowest BCUT2D eigenvalue weighted by molar-refractivity contribution is 0.0651. The summed E-state index contributed by atoms with van der Waals surface area (Å²) in [6, 6.07) is 11.6. The van der Waals surface area contributed by atoms with Gasteiger partial charge in [-0.25, -0.2) is 4.98 Å². The minimum absolute atomic E-state index is 0.165. The van der Waals surface area contributed by atoms with Crippen LogP contribution in [0.4, 0.5) is 0 Å². The molecule has 0 aliphatic heterocycles. The Bertz CT molecular complexity index is 825. The first-order valence-corrected chi connectivity index (χ1v) is 8.97. The van der Waals surface area contributed by atoms with Crippen molar-refractivity contribution in [2.75, 3.05) is 0 Å². The molecular weight excluding hydrogens is 336 g/mol. The van der Waals surface area contributed by atoms with E-state index >= 15 is 0 Å². The summed E-state index contributed by atoms with van der Waals surface area (Å²) in [5.74, 6) is 0.467. The third-order valence-corrected chi connectivity index (χ3v) is 4.46. The molecule has 25 heavy (non-hydrogen) atoms. The number of ether oxygens (including phenoxy) is 1. The van der Waals surface area contributed by atoms with E-state index in [0.29, 0.717) is 29.6 Å². The van der Waals surface area contributed by atoms with Gasteiger partial charge in [0.1, 0.15) is 5.69 Å². The molecule has 0 saturated carbocycles. The molecule has 0 unspecified atom stereocenters. The highest BCUT2D eigenvalue weighted by Gasteiger charge is 2.13. The minimum Gasteiger partial charge on any atom is -0.462 e. The van der Waals surface area contributed by atoms with Gasteiger partial charge in [-0.15, -0.1) is 11.3 Å². The number of thiazole rings is 1. The molecule has 0 saturated heterocycles. The zero-order valence-corrected chi connectivity index (χ0v) is 15.0. The third kappa shape index (κ3) is 4.55. The van der Waals surface area contributed by atoms with E-state index in [2.05, 4.69) is 10.3 Å². The van der Waals surface area contributed by atoms with Crippen LogP contribution >= 0.6 is 11.3 Å². The van der Waals surface area contributed by atoms with Crippen molar-refractivity contribution in [2.24, 2.45) is 0 Å². The van der Waals surface area contributed by atoms with Crippen LogP contribution in [0.2, 0.25) is 0 Å². The van der Waals surface area contributed by atoms with Crippen molar-refractivity contribution in [1.82, 2.24) is 10.3 Å². The highest BCUT2D eigenvalue weighted by atomic mass is 32.1. The second-order valence-electron chi connectivity index (χ2n) is 5.83. The highest BCUT2D eigenvalue weighted by molar-refractivity contribution is 7.13. The first-order valence-electron chi connectivity index (χ1n) is 8.09. The number of rotatable bonds is 7. The van der Waals surface area contributed by atoms with Gasteiger partial charge in [-0.2, -0.15) is 0 Å². The van der Waals surface area contributed by atoms with Crippen molar-refractivity contribution >= 4 is 17.2 Å². The maximum atomic E-state index is 12.3. The van der Waals surface area contributed by atoms with Crippen molar-refractivity contribution in [3.8, 4) is 10.8 Å². The molecule has 0 atom stereocenters. The molecule has 5 nitrogen and oxygen atoms in total. The first kappa shape index (κ1) is 17.4. The summed E-state index contributed by atoms with van der Waals surface area (Å²) < 4.78 is 11.0. The molecule has 0 aliphatic rings. The van der Waals surface area contributed by atoms with Gasteiger partial charge in [0, 0.05) is 11.9 Å². The van der Waals surface area contributed by atoms with Crippen LogP contribution in [-0.4, -0.2) is 17.0 Å². The van der Waals surface area contributed by atoms with E-state index in [4.69, 9.17) is 9.15 Å². The van der Waals surface area contributed by atoms with Gasteiger partial charge in [-0.3, -0.25) is 4.79 Å². The van der Waals surface area contributed by atoms with E-state index in [-0.39, 0.29) is 12.0 Å². The lowest BCUT2D eigenvalue weighted by Crippen LogP contribution is -2.23. The average Bonchev–Trinajstić information content (AvgIpc) is 3.29. The van der Waals surface area contributed by atoms with Crippen LogP contribution < -0.4 is 5.32 Å². The normalized spacial score (nSPS) is 11.0. The fourth-order valence-electron chi connectivity index (χ4n) is 2.28. The van der Waals surface area contributed by atoms with E-state index in [1.54, 1.807) is 17.7 Å². The second kappa shape index (κ2) is 8.09. The topological polar surface area (TPSA) is 64.4 Å². The first-order chi connectivity index (χ1) is 12.1. The number of benzene rings is 1. The molecule has 0 bridgehead atoms. The molecular formula is C19H20N2O3S. The van der Waals surface area contributed by atoms with E-state index in [9.17, 15) is 4.79 Å². The number of carbonyl (C=O) groups is 1. The quantitative estimate of drug-likeness (QED) is 0.687. The van der Waals surface area contributed by atoms with Gasteiger partial charge >= 0.3 is 0 Å². The number of amides is 1. The summed E-state index contributed by atoms with van der Waals surface area (Å²) in [5.41, 5.74) is 2.51. The van der Waals surface area contributed by atoms with E-state index < -0.39 is 0 Å². The largest absolute Gasteiger partial charge is 0.462 e. The van der Waals surface area contributed by atoms with Crippen molar-refractivity contribution in [3.05, 3.63) is 64.9 Å². The number of nitrogens with one attached hydrogen (secondary N) is 1. The molecule has 6 heteroatoms. The van der Waals surface area contributed by atoms with Crippen molar-refractivity contribution in [3.63, 3.8) is 0 Å². The zero-order valence-electron chi connectivity index (χ0n) is 14.2. The Labute approximate surface area is 150 Å². The lowest BCUT2D eigenvalue weighted by atomic mass is 10.1. The van der Waals surface area contributed by atoms with Crippen molar-refractivity contribution in [1.29, 1.82) is 0 Å². The smallest absolute Gasteiger partial charge is 0.271 e. The van der Waals surface area contributed by atoms with Gasteiger partial charge < -0.3 is 14.5 Å². The highest BCUT2D eigenvalue weighted by Crippen LogP contribution is 2.23. The SMILES string of the molecule is CC(C)OCc1ccccc1CNC(=O)c1csc(-c2ccco2)n1.